The van der Waals surface area contributed by atoms with Crippen LogP contribution in [0.3, 0.4) is 0 Å². The third kappa shape index (κ3) is 1.95. The smallest absolute Gasteiger partial charge is 0.193 e. The molecular formula is C9H14N4S. The first kappa shape index (κ1) is 9.64. The van der Waals surface area contributed by atoms with Crippen LogP contribution in [0.2, 0.25) is 0 Å². The molecule has 0 unspecified atom stereocenters. The lowest BCUT2D eigenvalue weighted by Gasteiger charge is -2.01. The second kappa shape index (κ2) is 4.54. The Morgan fingerprint density at radius 1 is 1.50 bits per heavy atom. The highest BCUT2D eigenvalue weighted by molar-refractivity contribution is 7.15. The third-order valence-electron chi connectivity index (χ3n) is 2.10. The topological polar surface area (TPSA) is 55.3 Å². The van der Waals surface area contributed by atoms with E-state index >= 15 is 0 Å². The van der Waals surface area contributed by atoms with Gasteiger partial charge in [0.15, 0.2) is 4.96 Å². The Balaban J connectivity index is 1.94. The molecule has 3 N–H and O–H groups in total. The van der Waals surface area contributed by atoms with Crippen molar-refractivity contribution < 1.29 is 0 Å². The molecule has 0 aromatic carbocycles. The van der Waals surface area contributed by atoms with E-state index in [2.05, 4.69) is 20.1 Å². The third-order valence-corrected chi connectivity index (χ3v) is 3.00. The number of nitrogens with two attached hydrogens (primary N) is 1. The zero-order valence-corrected chi connectivity index (χ0v) is 8.76. The maximum atomic E-state index is 5.39. The summed E-state index contributed by atoms with van der Waals surface area (Å²) in [6.07, 6.45) is 4.86. The predicted octanol–water partition coefficient (Wildman–Crippen LogP) is 0.487. The second-order valence-corrected chi connectivity index (χ2v) is 3.93. The Bertz CT molecular complexity index is 392. The van der Waals surface area contributed by atoms with E-state index in [1.165, 1.54) is 5.69 Å². The van der Waals surface area contributed by atoms with Crippen LogP contribution in [0.5, 0.6) is 0 Å². The molecule has 0 saturated heterocycles. The Kier molecular flexibility index (Phi) is 3.13. The highest BCUT2D eigenvalue weighted by atomic mass is 32.1. The minimum atomic E-state index is 0.699. The van der Waals surface area contributed by atoms with Gasteiger partial charge in [-0.05, 0) is 0 Å². The molecule has 0 aliphatic carbocycles. The molecule has 0 radical (unpaired) electrons. The lowest BCUT2D eigenvalue weighted by molar-refractivity contribution is 0.680. The minimum Gasteiger partial charge on any atom is -0.329 e. The molecule has 0 aliphatic rings. The van der Waals surface area contributed by atoms with E-state index in [1.54, 1.807) is 11.3 Å². The van der Waals surface area contributed by atoms with Crippen LogP contribution in [-0.2, 0) is 6.42 Å². The SMILES string of the molecule is NCCNCCc1csc2nccn12. The molecule has 2 aromatic rings. The van der Waals surface area contributed by atoms with Crippen molar-refractivity contribution >= 4 is 16.3 Å². The normalized spacial score (nSPS) is 11.2. The second-order valence-electron chi connectivity index (χ2n) is 3.10. The summed E-state index contributed by atoms with van der Waals surface area (Å²) in [7, 11) is 0. The molecule has 2 heterocycles. The molecule has 76 valence electrons. The molecule has 0 amide bonds. The van der Waals surface area contributed by atoms with Crippen molar-refractivity contribution in [2.24, 2.45) is 5.73 Å². The van der Waals surface area contributed by atoms with Gasteiger partial charge in [0.25, 0.3) is 0 Å². The molecule has 5 heteroatoms. The van der Waals surface area contributed by atoms with E-state index in [4.69, 9.17) is 5.73 Å². The van der Waals surface area contributed by atoms with Crippen molar-refractivity contribution in [1.82, 2.24) is 14.7 Å². The van der Waals surface area contributed by atoms with Gasteiger partial charge in [-0.3, -0.25) is 4.40 Å². The Morgan fingerprint density at radius 3 is 3.29 bits per heavy atom. The summed E-state index contributed by atoms with van der Waals surface area (Å²) >= 11 is 1.68. The monoisotopic (exact) mass is 210 g/mol. The lowest BCUT2D eigenvalue weighted by atomic mass is 10.3. The summed E-state index contributed by atoms with van der Waals surface area (Å²) in [5.74, 6) is 0. The fraction of sp³-hybridized carbons (Fsp3) is 0.444. The molecule has 0 bridgehead atoms. The number of imidazole rings is 1. The molecule has 0 saturated carbocycles. The van der Waals surface area contributed by atoms with E-state index in [-0.39, 0.29) is 0 Å². The quantitative estimate of drug-likeness (QED) is 0.706. The number of aromatic nitrogens is 2. The zero-order valence-electron chi connectivity index (χ0n) is 7.94. The van der Waals surface area contributed by atoms with Gasteiger partial charge >= 0.3 is 0 Å². The van der Waals surface area contributed by atoms with Gasteiger partial charge in [-0.25, -0.2) is 4.98 Å². The summed E-state index contributed by atoms with van der Waals surface area (Å²) in [4.78, 5) is 5.29. The van der Waals surface area contributed by atoms with E-state index < -0.39 is 0 Å². The maximum absolute atomic E-state index is 5.39. The van der Waals surface area contributed by atoms with E-state index in [0.717, 1.165) is 24.5 Å². The number of fused-ring (bicyclic) bond motifs is 1. The van der Waals surface area contributed by atoms with Crippen LogP contribution in [0.15, 0.2) is 17.8 Å². The van der Waals surface area contributed by atoms with Crippen LogP contribution in [-0.4, -0.2) is 29.0 Å². The van der Waals surface area contributed by atoms with Crippen molar-refractivity contribution in [3.05, 3.63) is 23.5 Å². The molecular weight excluding hydrogens is 196 g/mol. The number of nitrogens with zero attached hydrogens (tertiary/aromatic N) is 2. The number of hydrogen-bond donors (Lipinski definition) is 2. The molecule has 0 fully saturated rings. The van der Waals surface area contributed by atoms with E-state index in [0.29, 0.717) is 6.54 Å². The predicted molar refractivity (Wildman–Crippen MR) is 58.7 cm³/mol. The first-order chi connectivity index (χ1) is 6.92. The van der Waals surface area contributed by atoms with Gasteiger partial charge in [-0.2, -0.15) is 0 Å². The summed E-state index contributed by atoms with van der Waals surface area (Å²) in [6.45, 7) is 2.56. The zero-order chi connectivity index (χ0) is 9.80. The molecule has 14 heavy (non-hydrogen) atoms. The van der Waals surface area contributed by atoms with Crippen molar-refractivity contribution in [1.29, 1.82) is 0 Å². The molecule has 0 atom stereocenters. The molecule has 0 spiro atoms. The van der Waals surface area contributed by atoms with Gasteiger partial charge in [0.1, 0.15) is 0 Å². The van der Waals surface area contributed by atoms with Crippen molar-refractivity contribution in [2.45, 2.75) is 6.42 Å². The number of rotatable bonds is 5. The van der Waals surface area contributed by atoms with Crippen LogP contribution < -0.4 is 11.1 Å². The average Bonchev–Trinajstić information content (AvgIpc) is 2.75. The summed E-state index contributed by atoms with van der Waals surface area (Å²) in [5.41, 5.74) is 6.70. The van der Waals surface area contributed by atoms with Gasteiger partial charge in [-0.1, -0.05) is 0 Å². The van der Waals surface area contributed by atoms with Gasteiger partial charge in [-0.15, -0.1) is 11.3 Å². The van der Waals surface area contributed by atoms with Gasteiger partial charge in [0, 0.05) is 49.5 Å². The first-order valence-corrected chi connectivity index (χ1v) is 5.60. The lowest BCUT2D eigenvalue weighted by Crippen LogP contribution is -2.24. The average molecular weight is 210 g/mol. The van der Waals surface area contributed by atoms with Crippen LogP contribution in [0.4, 0.5) is 0 Å². The van der Waals surface area contributed by atoms with E-state index in [1.807, 2.05) is 12.4 Å². The molecule has 4 nitrogen and oxygen atoms in total. The molecule has 2 rings (SSSR count). The molecule has 0 aliphatic heterocycles. The van der Waals surface area contributed by atoms with Crippen LogP contribution in [0.1, 0.15) is 5.69 Å². The highest BCUT2D eigenvalue weighted by Gasteiger charge is 2.02. The summed E-state index contributed by atoms with van der Waals surface area (Å²) < 4.78 is 2.13. The maximum Gasteiger partial charge on any atom is 0.193 e. The van der Waals surface area contributed by atoms with Gasteiger partial charge in [0.2, 0.25) is 0 Å². The van der Waals surface area contributed by atoms with Crippen LogP contribution in [0.25, 0.3) is 4.96 Å². The Hall–Kier alpha value is -0.910. The highest BCUT2D eigenvalue weighted by Crippen LogP contribution is 2.14. The summed E-state index contributed by atoms with van der Waals surface area (Å²) in [5, 5.41) is 5.44. The minimum absolute atomic E-state index is 0.699. The number of thiazole rings is 1. The van der Waals surface area contributed by atoms with Crippen LogP contribution >= 0.6 is 11.3 Å². The number of nitrogens with one attached hydrogen (secondary N) is 1. The molecule has 2 aromatic heterocycles. The fourth-order valence-electron chi connectivity index (χ4n) is 1.40. The largest absolute Gasteiger partial charge is 0.329 e. The van der Waals surface area contributed by atoms with Crippen molar-refractivity contribution in [2.75, 3.05) is 19.6 Å². The fourth-order valence-corrected chi connectivity index (χ4v) is 2.28. The Morgan fingerprint density at radius 2 is 2.43 bits per heavy atom. The van der Waals surface area contributed by atoms with Gasteiger partial charge < -0.3 is 11.1 Å². The van der Waals surface area contributed by atoms with E-state index in [9.17, 15) is 0 Å². The standard InChI is InChI=1S/C9H14N4S/c10-2-4-11-3-1-8-7-14-9-12-5-6-13(8)9/h5-7,11H,1-4,10H2. The first-order valence-electron chi connectivity index (χ1n) is 4.72. The van der Waals surface area contributed by atoms with Crippen molar-refractivity contribution in [3.63, 3.8) is 0 Å². The number of hydrogen-bond acceptors (Lipinski definition) is 4. The summed E-state index contributed by atoms with van der Waals surface area (Å²) in [6, 6.07) is 0. The Labute approximate surface area is 86.8 Å². The van der Waals surface area contributed by atoms with Crippen molar-refractivity contribution in [3.8, 4) is 0 Å². The van der Waals surface area contributed by atoms with Crippen LogP contribution in [0, 0.1) is 0 Å². The van der Waals surface area contributed by atoms with Gasteiger partial charge in [0.05, 0.1) is 0 Å².